The molecule has 1 aliphatic rings. The summed E-state index contributed by atoms with van der Waals surface area (Å²) < 4.78 is 11.1. The van der Waals surface area contributed by atoms with Gasteiger partial charge >= 0.3 is 0 Å². The molecule has 1 aromatic heterocycles. The standard InChI is InChI=1S/C23H28N6O3/c1-28-15-16(13-26-28)23-14-25-21-4-3-17(11-22(21)27-23)29(6-5-24)18-9-19(31-2)12-20(10-18)32-8-7-30/h3-4,9-12,14-15,26,30H,5-8,13,24H2,1-2H3. The average Bonchev–Trinajstić information content (AvgIpc) is 3.26. The Morgan fingerprint density at radius 2 is 2.00 bits per heavy atom. The summed E-state index contributed by atoms with van der Waals surface area (Å²) in [5, 5.41) is 11.0. The van der Waals surface area contributed by atoms with Crippen LogP contribution in [0, 0.1) is 0 Å². The summed E-state index contributed by atoms with van der Waals surface area (Å²) in [6.07, 6.45) is 3.82. The Balaban J connectivity index is 1.73. The molecule has 0 fully saturated rings. The van der Waals surface area contributed by atoms with Crippen LogP contribution < -0.4 is 25.5 Å². The second kappa shape index (κ2) is 9.82. The monoisotopic (exact) mass is 436 g/mol. The van der Waals surface area contributed by atoms with Gasteiger partial charge in [0.15, 0.2) is 0 Å². The predicted molar refractivity (Wildman–Crippen MR) is 125 cm³/mol. The number of nitrogens with zero attached hydrogens (tertiary/aromatic N) is 4. The lowest BCUT2D eigenvalue weighted by Gasteiger charge is -2.25. The highest BCUT2D eigenvalue weighted by Gasteiger charge is 2.15. The minimum atomic E-state index is -0.0630. The van der Waals surface area contributed by atoms with Gasteiger partial charge in [0.25, 0.3) is 0 Å². The third-order valence-corrected chi connectivity index (χ3v) is 5.16. The highest BCUT2D eigenvalue weighted by atomic mass is 16.5. The van der Waals surface area contributed by atoms with E-state index in [1.165, 1.54) is 0 Å². The van der Waals surface area contributed by atoms with Crippen molar-refractivity contribution in [2.24, 2.45) is 5.73 Å². The molecule has 9 nitrogen and oxygen atoms in total. The van der Waals surface area contributed by atoms with Crippen molar-refractivity contribution >= 4 is 28.0 Å². The molecule has 2 aromatic carbocycles. The van der Waals surface area contributed by atoms with Crippen LogP contribution >= 0.6 is 0 Å². The Morgan fingerprint density at radius 1 is 1.16 bits per heavy atom. The quantitative estimate of drug-likeness (QED) is 0.463. The summed E-state index contributed by atoms with van der Waals surface area (Å²) in [7, 11) is 3.57. The highest BCUT2D eigenvalue weighted by molar-refractivity contribution is 5.82. The first kappa shape index (κ1) is 21.8. The molecule has 0 bridgehead atoms. The second-order valence-corrected chi connectivity index (χ2v) is 7.41. The van der Waals surface area contributed by atoms with Gasteiger partial charge in [0.1, 0.15) is 18.1 Å². The molecule has 4 rings (SSSR count). The van der Waals surface area contributed by atoms with E-state index in [0.29, 0.717) is 24.6 Å². The molecular weight excluding hydrogens is 408 g/mol. The molecule has 0 spiro atoms. The maximum absolute atomic E-state index is 9.10. The first-order valence-corrected chi connectivity index (χ1v) is 10.5. The molecule has 0 unspecified atom stereocenters. The normalized spacial score (nSPS) is 13.4. The molecule has 3 aromatic rings. The van der Waals surface area contributed by atoms with Crippen LogP contribution in [0.5, 0.6) is 11.5 Å². The van der Waals surface area contributed by atoms with E-state index < -0.39 is 0 Å². The smallest absolute Gasteiger partial charge is 0.125 e. The molecule has 0 saturated heterocycles. The Hall–Kier alpha value is -3.40. The number of anilines is 2. The van der Waals surface area contributed by atoms with Gasteiger partial charge in [-0.1, -0.05) is 0 Å². The number of nitrogens with one attached hydrogen (secondary N) is 1. The van der Waals surface area contributed by atoms with Crippen molar-refractivity contribution in [2.45, 2.75) is 0 Å². The molecule has 4 N–H and O–H groups in total. The van der Waals surface area contributed by atoms with Crippen LogP contribution in [0.25, 0.3) is 16.6 Å². The number of aromatic nitrogens is 2. The average molecular weight is 437 g/mol. The van der Waals surface area contributed by atoms with E-state index in [9.17, 15) is 0 Å². The molecule has 0 aliphatic carbocycles. The fourth-order valence-corrected chi connectivity index (χ4v) is 3.63. The van der Waals surface area contributed by atoms with E-state index >= 15 is 0 Å². The number of fused-ring (bicyclic) bond motifs is 1. The molecular formula is C23H28N6O3. The lowest BCUT2D eigenvalue weighted by atomic mass is 10.1. The largest absolute Gasteiger partial charge is 0.497 e. The fraction of sp³-hybridized carbons (Fsp3) is 0.304. The SMILES string of the molecule is COc1cc(OCCO)cc(N(CCN)c2ccc3ncc(C4=CN(C)NC4)nc3c2)c1. The van der Waals surface area contributed by atoms with Crippen molar-refractivity contribution < 1.29 is 14.6 Å². The zero-order valence-corrected chi connectivity index (χ0v) is 18.3. The molecule has 32 heavy (non-hydrogen) atoms. The summed E-state index contributed by atoms with van der Waals surface area (Å²) in [6.45, 7) is 1.91. The van der Waals surface area contributed by atoms with Gasteiger partial charge in [-0.25, -0.2) is 10.4 Å². The highest BCUT2D eigenvalue weighted by Crippen LogP contribution is 2.34. The maximum atomic E-state index is 9.10. The van der Waals surface area contributed by atoms with Crippen molar-refractivity contribution in [3.63, 3.8) is 0 Å². The Morgan fingerprint density at radius 3 is 2.72 bits per heavy atom. The van der Waals surface area contributed by atoms with Gasteiger partial charge in [-0.05, 0) is 18.2 Å². The number of ether oxygens (including phenoxy) is 2. The third kappa shape index (κ3) is 4.75. The topological polar surface area (TPSA) is 109 Å². The van der Waals surface area contributed by atoms with Gasteiger partial charge in [-0.15, -0.1) is 0 Å². The Kier molecular flexibility index (Phi) is 6.69. The summed E-state index contributed by atoms with van der Waals surface area (Å²) in [5.41, 5.74) is 14.5. The van der Waals surface area contributed by atoms with Crippen molar-refractivity contribution in [1.82, 2.24) is 20.4 Å². The molecule has 2 heterocycles. The summed E-state index contributed by atoms with van der Waals surface area (Å²) in [6, 6.07) is 11.6. The van der Waals surface area contributed by atoms with Crippen LogP contribution in [0.4, 0.5) is 11.4 Å². The van der Waals surface area contributed by atoms with Crippen molar-refractivity contribution in [1.29, 1.82) is 0 Å². The summed E-state index contributed by atoms with van der Waals surface area (Å²) in [4.78, 5) is 11.5. The maximum Gasteiger partial charge on any atom is 0.125 e. The van der Waals surface area contributed by atoms with Gasteiger partial charge in [0, 0.05) is 68.0 Å². The minimum Gasteiger partial charge on any atom is -0.497 e. The molecule has 0 saturated carbocycles. The molecule has 0 radical (unpaired) electrons. The van der Waals surface area contributed by atoms with Crippen molar-refractivity contribution in [2.75, 3.05) is 51.9 Å². The Labute approximate surface area is 187 Å². The van der Waals surface area contributed by atoms with Crippen LogP contribution in [-0.2, 0) is 0 Å². The summed E-state index contributed by atoms with van der Waals surface area (Å²) >= 11 is 0. The number of hydrazine groups is 1. The van der Waals surface area contributed by atoms with Gasteiger partial charge in [-0.2, -0.15) is 0 Å². The number of hydrogen-bond donors (Lipinski definition) is 3. The molecule has 168 valence electrons. The zero-order valence-electron chi connectivity index (χ0n) is 18.3. The molecule has 0 amide bonds. The second-order valence-electron chi connectivity index (χ2n) is 7.41. The minimum absolute atomic E-state index is 0.0630. The predicted octanol–water partition coefficient (Wildman–Crippen LogP) is 1.90. The van der Waals surface area contributed by atoms with Crippen molar-refractivity contribution in [3.05, 3.63) is 54.5 Å². The Bertz CT molecular complexity index is 1120. The van der Waals surface area contributed by atoms with Gasteiger partial charge in [0.2, 0.25) is 0 Å². The summed E-state index contributed by atoms with van der Waals surface area (Å²) in [5.74, 6) is 1.27. The molecule has 0 atom stereocenters. The lowest BCUT2D eigenvalue weighted by molar-refractivity contribution is 0.201. The fourth-order valence-electron chi connectivity index (χ4n) is 3.63. The van der Waals surface area contributed by atoms with E-state index in [1.807, 2.05) is 48.6 Å². The van der Waals surface area contributed by atoms with Gasteiger partial charge in [0.05, 0.1) is 36.6 Å². The van der Waals surface area contributed by atoms with Crippen LogP contribution in [0.15, 0.2) is 48.8 Å². The molecule has 1 aliphatic heterocycles. The van der Waals surface area contributed by atoms with Crippen LogP contribution in [0.3, 0.4) is 0 Å². The third-order valence-electron chi connectivity index (χ3n) is 5.16. The number of nitrogens with two attached hydrogens (primary N) is 1. The number of aliphatic hydroxyl groups is 1. The van der Waals surface area contributed by atoms with E-state index in [0.717, 1.165) is 40.2 Å². The number of hydrogen-bond acceptors (Lipinski definition) is 9. The van der Waals surface area contributed by atoms with Crippen molar-refractivity contribution in [3.8, 4) is 11.5 Å². The zero-order chi connectivity index (χ0) is 22.5. The number of rotatable bonds is 9. The van der Waals surface area contributed by atoms with Gasteiger partial charge in [-0.3, -0.25) is 4.98 Å². The first-order valence-electron chi connectivity index (χ1n) is 10.5. The van der Waals surface area contributed by atoms with Gasteiger partial charge < -0.3 is 30.2 Å². The van der Waals surface area contributed by atoms with Crippen LogP contribution in [0.2, 0.25) is 0 Å². The first-order chi connectivity index (χ1) is 15.6. The van der Waals surface area contributed by atoms with E-state index in [4.69, 9.17) is 25.3 Å². The number of aliphatic hydroxyl groups excluding tert-OH is 1. The van der Waals surface area contributed by atoms with E-state index in [2.05, 4.69) is 15.3 Å². The van der Waals surface area contributed by atoms with Crippen LogP contribution in [0.1, 0.15) is 5.69 Å². The van der Waals surface area contributed by atoms with Crippen LogP contribution in [-0.4, -0.2) is 67.1 Å². The molecule has 9 heteroatoms. The number of benzene rings is 2. The van der Waals surface area contributed by atoms with E-state index in [1.54, 1.807) is 19.4 Å². The van der Waals surface area contributed by atoms with E-state index in [-0.39, 0.29) is 13.2 Å². The number of methoxy groups -OCH3 is 1. The lowest BCUT2D eigenvalue weighted by Crippen LogP contribution is -2.25.